The second-order valence-electron chi connectivity index (χ2n) is 5.01. The standard InChI is InChI=1S/C14H17N3O3/c1-17-6-7-19-12(9-17)14-15-13(20-16-14)8-10-2-4-11(18)5-3-10/h2-5,12,18H,6-9H2,1H3. The first-order chi connectivity index (χ1) is 9.70. The number of aromatic hydroxyl groups is 1. The van der Waals surface area contributed by atoms with E-state index in [2.05, 4.69) is 15.0 Å². The number of rotatable bonds is 3. The molecule has 0 aliphatic carbocycles. The van der Waals surface area contributed by atoms with Crippen molar-refractivity contribution < 1.29 is 14.4 Å². The van der Waals surface area contributed by atoms with Crippen LogP contribution >= 0.6 is 0 Å². The van der Waals surface area contributed by atoms with Gasteiger partial charge in [0.25, 0.3) is 0 Å². The molecule has 6 nitrogen and oxygen atoms in total. The summed E-state index contributed by atoms with van der Waals surface area (Å²) >= 11 is 0. The zero-order valence-electron chi connectivity index (χ0n) is 11.3. The highest BCUT2D eigenvalue weighted by atomic mass is 16.5. The number of phenolic OH excluding ortho intramolecular Hbond substituents is 1. The molecule has 3 rings (SSSR count). The Labute approximate surface area is 117 Å². The summed E-state index contributed by atoms with van der Waals surface area (Å²) in [6.45, 7) is 2.38. The van der Waals surface area contributed by atoms with Crippen LogP contribution in [0.4, 0.5) is 0 Å². The van der Waals surface area contributed by atoms with E-state index in [1.165, 1.54) is 0 Å². The van der Waals surface area contributed by atoms with E-state index in [1.54, 1.807) is 12.1 Å². The van der Waals surface area contributed by atoms with Gasteiger partial charge in [0, 0.05) is 13.1 Å². The highest BCUT2D eigenvalue weighted by Crippen LogP contribution is 2.20. The Morgan fingerprint density at radius 2 is 2.15 bits per heavy atom. The Bertz CT molecular complexity index is 567. The van der Waals surface area contributed by atoms with Gasteiger partial charge >= 0.3 is 0 Å². The highest BCUT2D eigenvalue weighted by molar-refractivity contribution is 5.27. The zero-order chi connectivity index (χ0) is 13.9. The quantitative estimate of drug-likeness (QED) is 0.912. The average molecular weight is 275 g/mol. The lowest BCUT2D eigenvalue weighted by atomic mass is 10.1. The second-order valence-corrected chi connectivity index (χ2v) is 5.01. The third-order valence-electron chi connectivity index (χ3n) is 3.33. The van der Waals surface area contributed by atoms with Gasteiger partial charge in [-0.3, -0.25) is 0 Å². The number of morpholine rings is 1. The van der Waals surface area contributed by atoms with E-state index in [0.717, 1.165) is 18.7 Å². The van der Waals surface area contributed by atoms with Crippen LogP contribution in [0, 0.1) is 0 Å². The van der Waals surface area contributed by atoms with Gasteiger partial charge in [-0.1, -0.05) is 17.3 Å². The van der Waals surface area contributed by atoms with Gasteiger partial charge in [0.1, 0.15) is 11.9 Å². The molecule has 2 heterocycles. The minimum atomic E-state index is -0.119. The van der Waals surface area contributed by atoms with Crippen LogP contribution in [0.1, 0.15) is 23.4 Å². The number of benzene rings is 1. The van der Waals surface area contributed by atoms with Crippen molar-refractivity contribution in [3.63, 3.8) is 0 Å². The highest BCUT2D eigenvalue weighted by Gasteiger charge is 2.24. The van der Waals surface area contributed by atoms with Gasteiger partial charge in [-0.15, -0.1) is 0 Å². The van der Waals surface area contributed by atoms with Crippen molar-refractivity contribution in [3.05, 3.63) is 41.5 Å². The average Bonchev–Trinajstić information content (AvgIpc) is 2.90. The zero-order valence-corrected chi connectivity index (χ0v) is 11.3. The molecule has 106 valence electrons. The molecule has 0 bridgehead atoms. The summed E-state index contributed by atoms with van der Waals surface area (Å²) in [6.07, 6.45) is 0.432. The number of hydrogen-bond donors (Lipinski definition) is 1. The molecule has 2 aromatic rings. The number of hydrogen-bond acceptors (Lipinski definition) is 6. The predicted octanol–water partition coefficient (Wildman–Crippen LogP) is 1.37. The van der Waals surface area contributed by atoms with Gasteiger partial charge in [-0.25, -0.2) is 0 Å². The van der Waals surface area contributed by atoms with Crippen molar-refractivity contribution in [2.24, 2.45) is 0 Å². The van der Waals surface area contributed by atoms with Gasteiger partial charge in [0.05, 0.1) is 13.0 Å². The number of ether oxygens (including phenoxy) is 1. The molecule has 1 aromatic carbocycles. The van der Waals surface area contributed by atoms with E-state index in [4.69, 9.17) is 9.26 Å². The van der Waals surface area contributed by atoms with Crippen molar-refractivity contribution in [2.45, 2.75) is 12.5 Å². The topological polar surface area (TPSA) is 71.6 Å². The smallest absolute Gasteiger partial charge is 0.231 e. The molecule has 0 amide bonds. The van der Waals surface area contributed by atoms with Crippen molar-refractivity contribution in [1.29, 1.82) is 0 Å². The number of aromatic nitrogens is 2. The Morgan fingerprint density at radius 3 is 2.90 bits per heavy atom. The normalized spacial score (nSPS) is 20.1. The Kier molecular flexibility index (Phi) is 3.66. The van der Waals surface area contributed by atoms with E-state index in [-0.39, 0.29) is 11.9 Å². The fourth-order valence-electron chi connectivity index (χ4n) is 2.19. The maximum Gasteiger partial charge on any atom is 0.231 e. The first-order valence-electron chi connectivity index (χ1n) is 6.61. The van der Waals surface area contributed by atoms with Crippen molar-refractivity contribution >= 4 is 0 Å². The Hall–Kier alpha value is -1.92. The molecule has 0 radical (unpaired) electrons. The molecule has 1 unspecified atom stereocenters. The van der Waals surface area contributed by atoms with Crippen LogP contribution < -0.4 is 0 Å². The summed E-state index contributed by atoms with van der Waals surface area (Å²) in [7, 11) is 2.05. The summed E-state index contributed by atoms with van der Waals surface area (Å²) in [5.41, 5.74) is 1.01. The SMILES string of the molecule is CN1CCOC(c2noc(Cc3ccc(O)cc3)n2)C1. The number of phenols is 1. The first kappa shape index (κ1) is 13.1. The van der Waals surface area contributed by atoms with Crippen LogP contribution in [0.2, 0.25) is 0 Å². The van der Waals surface area contributed by atoms with E-state index in [1.807, 2.05) is 19.2 Å². The van der Waals surface area contributed by atoms with Gasteiger partial charge in [0.15, 0.2) is 0 Å². The van der Waals surface area contributed by atoms with Gasteiger partial charge in [-0.2, -0.15) is 4.98 Å². The largest absolute Gasteiger partial charge is 0.508 e. The lowest BCUT2D eigenvalue weighted by molar-refractivity contribution is -0.0264. The molecule has 1 aliphatic rings. The third kappa shape index (κ3) is 2.97. The van der Waals surface area contributed by atoms with Gasteiger partial charge in [0.2, 0.25) is 11.7 Å². The second kappa shape index (κ2) is 5.60. The summed E-state index contributed by atoms with van der Waals surface area (Å²) in [5.74, 6) is 1.41. The molecule has 1 N–H and O–H groups in total. The van der Waals surface area contributed by atoms with E-state index >= 15 is 0 Å². The fourth-order valence-corrected chi connectivity index (χ4v) is 2.19. The van der Waals surface area contributed by atoms with Crippen LogP contribution in [0.25, 0.3) is 0 Å². The molecule has 1 fully saturated rings. The summed E-state index contributed by atoms with van der Waals surface area (Å²) in [5, 5.41) is 13.3. The molecule has 1 aromatic heterocycles. The maximum absolute atomic E-state index is 9.25. The molecule has 1 atom stereocenters. The van der Waals surface area contributed by atoms with Crippen LogP contribution in [-0.4, -0.2) is 46.9 Å². The Morgan fingerprint density at radius 1 is 1.35 bits per heavy atom. The molecule has 20 heavy (non-hydrogen) atoms. The minimum absolute atomic E-state index is 0.119. The predicted molar refractivity (Wildman–Crippen MR) is 71.4 cm³/mol. The molecular formula is C14H17N3O3. The molecule has 1 aliphatic heterocycles. The van der Waals surface area contributed by atoms with Gasteiger partial charge < -0.3 is 19.3 Å². The molecule has 1 saturated heterocycles. The molecular weight excluding hydrogens is 258 g/mol. The summed E-state index contributed by atoms with van der Waals surface area (Å²) < 4.78 is 10.9. The maximum atomic E-state index is 9.25. The molecule has 0 spiro atoms. The monoisotopic (exact) mass is 275 g/mol. The fraction of sp³-hybridized carbons (Fsp3) is 0.429. The molecule has 6 heteroatoms. The molecule has 0 saturated carbocycles. The first-order valence-corrected chi connectivity index (χ1v) is 6.61. The lowest BCUT2D eigenvalue weighted by Gasteiger charge is -2.27. The lowest BCUT2D eigenvalue weighted by Crippen LogP contribution is -2.35. The van der Waals surface area contributed by atoms with E-state index in [0.29, 0.717) is 24.7 Å². The van der Waals surface area contributed by atoms with E-state index < -0.39 is 0 Å². The van der Waals surface area contributed by atoms with Crippen LogP contribution in [-0.2, 0) is 11.2 Å². The van der Waals surface area contributed by atoms with E-state index in [9.17, 15) is 5.11 Å². The number of nitrogens with zero attached hydrogens (tertiary/aromatic N) is 3. The van der Waals surface area contributed by atoms with Crippen molar-refractivity contribution in [3.8, 4) is 5.75 Å². The van der Waals surface area contributed by atoms with Gasteiger partial charge in [-0.05, 0) is 24.7 Å². The van der Waals surface area contributed by atoms with Crippen molar-refractivity contribution in [1.82, 2.24) is 15.0 Å². The summed E-state index contributed by atoms with van der Waals surface area (Å²) in [6, 6.07) is 6.96. The summed E-state index contributed by atoms with van der Waals surface area (Å²) in [4.78, 5) is 6.58. The van der Waals surface area contributed by atoms with Crippen LogP contribution in [0.5, 0.6) is 5.75 Å². The van der Waals surface area contributed by atoms with Crippen molar-refractivity contribution in [2.75, 3.05) is 26.7 Å². The third-order valence-corrected chi connectivity index (χ3v) is 3.33. The minimum Gasteiger partial charge on any atom is -0.508 e. The Balaban J connectivity index is 1.68. The van der Waals surface area contributed by atoms with Crippen LogP contribution in [0.3, 0.4) is 0 Å². The number of likely N-dealkylation sites (N-methyl/N-ethyl adjacent to an activating group) is 1. The van der Waals surface area contributed by atoms with Crippen LogP contribution in [0.15, 0.2) is 28.8 Å².